The molecule has 0 spiro atoms. The predicted molar refractivity (Wildman–Crippen MR) is 78.9 cm³/mol. The summed E-state index contributed by atoms with van der Waals surface area (Å²) in [6.45, 7) is 5.08. The molecule has 6 heteroatoms. The van der Waals surface area contributed by atoms with Gasteiger partial charge in [-0.3, -0.25) is 9.59 Å². The van der Waals surface area contributed by atoms with Gasteiger partial charge < -0.3 is 10.4 Å². The molecule has 18 heavy (non-hydrogen) atoms. The van der Waals surface area contributed by atoms with Crippen LogP contribution in [-0.2, 0) is 9.59 Å². The normalized spacial score (nSPS) is 10.6. The van der Waals surface area contributed by atoms with Crippen molar-refractivity contribution < 1.29 is 14.7 Å². The van der Waals surface area contributed by atoms with Gasteiger partial charge in [0.2, 0.25) is 5.91 Å². The van der Waals surface area contributed by atoms with Crippen LogP contribution in [0.15, 0.2) is 0 Å². The maximum Gasteiger partial charge on any atom is 0.303 e. The molecule has 0 aliphatic heterocycles. The fourth-order valence-electron chi connectivity index (χ4n) is 1.12. The summed E-state index contributed by atoms with van der Waals surface area (Å²) < 4.78 is 0. The van der Waals surface area contributed by atoms with E-state index in [-0.39, 0.29) is 12.3 Å². The molecule has 0 aromatic carbocycles. The molecule has 0 aliphatic rings. The van der Waals surface area contributed by atoms with E-state index >= 15 is 0 Å². The van der Waals surface area contributed by atoms with Crippen LogP contribution in [0, 0.1) is 5.92 Å². The fourth-order valence-corrected chi connectivity index (χ4v) is 3.36. The molecule has 0 radical (unpaired) electrons. The van der Waals surface area contributed by atoms with Crippen molar-refractivity contribution in [1.29, 1.82) is 0 Å². The number of carbonyl (C=O) groups is 2. The highest BCUT2D eigenvalue weighted by Gasteiger charge is 2.03. The van der Waals surface area contributed by atoms with Crippen LogP contribution >= 0.6 is 21.6 Å². The van der Waals surface area contributed by atoms with Gasteiger partial charge in [0.05, 0.1) is 0 Å². The number of carbonyl (C=O) groups excluding carboxylic acids is 1. The Hall–Kier alpha value is -0.360. The summed E-state index contributed by atoms with van der Waals surface area (Å²) in [6, 6.07) is 0. The zero-order chi connectivity index (χ0) is 13.8. The van der Waals surface area contributed by atoms with Gasteiger partial charge in [0.1, 0.15) is 0 Å². The number of hydrogen-bond donors (Lipinski definition) is 2. The number of carboxylic acids is 1. The number of carboxylic acid groups (broad SMARTS) is 1. The van der Waals surface area contributed by atoms with Gasteiger partial charge in [-0.1, -0.05) is 35.4 Å². The van der Waals surface area contributed by atoms with E-state index in [1.165, 1.54) is 6.42 Å². The van der Waals surface area contributed by atoms with E-state index < -0.39 is 5.97 Å². The van der Waals surface area contributed by atoms with Crippen LogP contribution in [0.4, 0.5) is 0 Å². The minimum absolute atomic E-state index is 0.0518. The third kappa shape index (κ3) is 13.7. The topological polar surface area (TPSA) is 66.4 Å². The summed E-state index contributed by atoms with van der Waals surface area (Å²) in [5.74, 6) is 1.89. The van der Waals surface area contributed by atoms with Gasteiger partial charge in [0, 0.05) is 30.9 Å². The molecular formula is C12H23NO3S2. The Balaban J connectivity index is 3.22. The largest absolute Gasteiger partial charge is 0.481 e. The lowest BCUT2D eigenvalue weighted by Gasteiger charge is -2.05. The van der Waals surface area contributed by atoms with Crippen molar-refractivity contribution >= 4 is 33.5 Å². The van der Waals surface area contributed by atoms with E-state index in [9.17, 15) is 9.59 Å². The monoisotopic (exact) mass is 293 g/mol. The lowest BCUT2D eigenvalue weighted by Crippen LogP contribution is -2.25. The second-order valence-electron chi connectivity index (χ2n) is 4.42. The van der Waals surface area contributed by atoms with E-state index in [4.69, 9.17) is 5.11 Å². The Morgan fingerprint density at radius 3 is 2.44 bits per heavy atom. The lowest BCUT2D eigenvalue weighted by atomic mass is 10.2. The first-order valence-electron chi connectivity index (χ1n) is 6.25. The highest BCUT2D eigenvalue weighted by Crippen LogP contribution is 2.22. The van der Waals surface area contributed by atoms with Gasteiger partial charge in [-0.05, 0) is 18.8 Å². The predicted octanol–water partition coefficient (Wildman–Crippen LogP) is 2.79. The summed E-state index contributed by atoms with van der Waals surface area (Å²) in [5, 5.41) is 11.2. The van der Waals surface area contributed by atoms with Crippen LogP contribution in [0.5, 0.6) is 0 Å². The van der Waals surface area contributed by atoms with E-state index in [0.29, 0.717) is 19.4 Å². The zero-order valence-electron chi connectivity index (χ0n) is 11.1. The first kappa shape index (κ1) is 17.6. The van der Waals surface area contributed by atoms with Gasteiger partial charge in [-0.25, -0.2) is 0 Å². The molecule has 106 valence electrons. The molecule has 0 saturated heterocycles. The maximum absolute atomic E-state index is 11.3. The second kappa shape index (κ2) is 11.7. The first-order chi connectivity index (χ1) is 8.52. The van der Waals surface area contributed by atoms with E-state index in [2.05, 4.69) is 19.2 Å². The number of rotatable bonds is 11. The Kier molecular flexibility index (Phi) is 11.5. The molecule has 0 aromatic heterocycles. The van der Waals surface area contributed by atoms with Gasteiger partial charge in [0.15, 0.2) is 0 Å². The number of amides is 1. The van der Waals surface area contributed by atoms with Crippen LogP contribution in [0.3, 0.4) is 0 Å². The molecule has 0 unspecified atom stereocenters. The molecule has 0 aromatic rings. The average Bonchev–Trinajstić information content (AvgIpc) is 2.26. The van der Waals surface area contributed by atoms with Crippen molar-refractivity contribution in [2.24, 2.45) is 5.92 Å². The standard InChI is InChI=1S/C12H23NO3S2/c1-10(2)6-8-17-18-9-7-13-11(14)4-3-5-12(15)16/h10H,3-9H2,1-2H3,(H,13,14)(H,15,16). The molecule has 4 nitrogen and oxygen atoms in total. The molecule has 2 N–H and O–H groups in total. The van der Waals surface area contributed by atoms with Crippen LogP contribution < -0.4 is 5.32 Å². The van der Waals surface area contributed by atoms with Crippen molar-refractivity contribution in [3.05, 3.63) is 0 Å². The Morgan fingerprint density at radius 1 is 1.17 bits per heavy atom. The van der Waals surface area contributed by atoms with Gasteiger partial charge in [0.25, 0.3) is 0 Å². The van der Waals surface area contributed by atoms with Crippen molar-refractivity contribution in [2.45, 2.75) is 39.5 Å². The summed E-state index contributed by atoms with van der Waals surface area (Å²) in [6.07, 6.45) is 2.00. The number of aliphatic carboxylic acids is 1. The number of hydrogen-bond acceptors (Lipinski definition) is 4. The van der Waals surface area contributed by atoms with Crippen molar-refractivity contribution in [2.75, 3.05) is 18.1 Å². The quantitative estimate of drug-likeness (QED) is 0.453. The summed E-state index contributed by atoms with van der Waals surface area (Å²) in [5.41, 5.74) is 0. The van der Waals surface area contributed by atoms with Crippen molar-refractivity contribution in [1.82, 2.24) is 5.32 Å². The third-order valence-electron chi connectivity index (χ3n) is 2.16. The first-order valence-corrected chi connectivity index (χ1v) is 8.74. The maximum atomic E-state index is 11.3. The zero-order valence-corrected chi connectivity index (χ0v) is 12.7. The molecule has 0 bridgehead atoms. The minimum Gasteiger partial charge on any atom is -0.481 e. The van der Waals surface area contributed by atoms with Gasteiger partial charge in [-0.2, -0.15) is 0 Å². The highest BCUT2D eigenvalue weighted by atomic mass is 33.1. The minimum atomic E-state index is -0.847. The Morgan fingerprint density at radius 2 is 1.83 bits per heavy atom. The average molecular weight is 293 g/mol. The van der Waals surface area contributed by atoms with Gasteiger partial charge >= 0.3 is 5.97 Å². The fraction of sp³-hybridized carbons (Fsp3) is 0.833. The Bertz CT molecular complexity index is 247. The molecule has 1 amide bonds. The van der Waals surface area contributed by atoms with E-state index in [0.717, 1.165) is 17.4 Å². The highest BCUT2D eigenvalue weighted by molar-refractivity contribution is 8.76. The van der Waals surface area contributed by atoms with Crippen LogP contribution in [-0.4, -0.2) is 35.0 Å². The van der Waals surface area contributed by atoms with E-state index in [1.807, 2.05) is 10.8 Å². The number of nitrogens with one attached hydrogen (secondary N) is 1. The third-order valence-corrected chi connectivity index (χ3v) is 4.60. The van der Waals surface area contributed by atoms with Crippen molar-refractivity contribution in [3.8, 4) is 0 Å². The summed E-state index contributed by atoms with van der Waals surface area (Å²) in [4.78, 5) is 21.5. The molecule has 0 rings (SSSR count). The molecule has 0 aliphatic carbocycles. The Labute approximate surface area is 117 Å². The molecular weight excluding hydrogens is 270 g/mol. The molecule has 0 atom stereocenters. The lowest BCUT2D eigenvalue weighted by molar-refractivity contribution is -0.137. The van der Waals surface area contributed by atoms with Crippen LogP contribution in [0.25, 0.3) is 0 Å². The van der Waals surface area contributed by atoms with Crippen molar-refractivity contribution in [3.63, 3.8) is 0 Å². The molecule has 0 saturated carbocycles. The summed E-state index contributed by atoms with van der Waals surface area (Å²) in [7, 11) is 3.62. The van der Waals surface area contributed by atoms with Crippen LogP contribution in [0.1, 0.15) is 39.5 Å². The SMILES string of the molecule is CC(C)CCSSCCNC(=O)CCCC(=O)O. The smallest absolute Gasteiger partial charge is 0.303 e. The molecule has 0 heterocycles. The second-order valence-corrected chi connectivity index (χ2v) is 7.13. The summed E-state index contributed by atoms with van der Waals surface area (Å²) >= 11 is 0. The van der Waals surface area contributed by atoms with Crippen LogP contribution in [0.2, 0.25) is 0 Å². The van der Waals surface area contributed by atoms with Gasteiger partial charge in [-0.15, -0.1) is 0 Å². The molecule has 0 fully saturated rings. The van der Waals surface area contributed by atoms with E-state index in [1.54, 1.807) is 10.8 Å².